The molecule has 1 aromatic carbocycles. The third-order valence-corrected chi connectivity index (χ3v) is 2.95. The normalized spacial score (nSPS) is 10.0. The van der Waals surface area contributed by atoms with Crippen LogP contribution in [-0.4, -0.2) is 10.9 Å². The predicted molar refractivity (Wildman–Crippen MR) is 71.1 cm³/mol. The van der Waals surface area contributed by atoms with Crippen LogP contribution in [0.2, 0.25) is 0 Å². The Morgan fingerprint density at radius 3 is 2.76 bits per heavy atom. The van der Waals surface area contributed by atoms with Crippen molar-refractivity contribution in [1.82, 2.24) is 4.98 Å². The average molecular weight is 291 g/mol. The Labute approximate surface area is 108 Å². The van der Waals surface area contributed by atoms with Crippen molar-refractivity contribution in [3.63, 3.8) is 0 Å². The first-order valence-electron chi connectivity index (χ1n) is 5.14. The maximum Gasteiger partial charge on any atom is 0.257 e. The van der Waals surface area contributed by atoms with Crippen molar-refractivity contribution >= 4 is 27.5 Å². The minimum atomic E-state index is -0.159. The number of hydrogen-bond acceptors (Lipinski definition) is 2. The molecular weight excluding hydrogens is 280 g/mol. The van der Waals surface area contributed by atoms with E-state index >= 15 is 0 Å². The van der Waals surface area contributed by atoms with Crippen LogP contribution >= 0.6 is 15.9 Å². The van der Waals surface area contributed by atoms with Gasteiger partial charge in [0, 0.05) is 16.9 Å². The van der Waals surface area contributed by atoms with E-state index in [9.17, 15) is 4.79 Å². The Kier molecular flexibility index (Phi) is 3.54. The van der Waals surface area contributed by atoms with E-state index in [0.29, 0.717) is 5.56 Å². The number of para-hydroxylation sites is 1. The van der Waals surface area contributed by atoms with E-state index in [1.807, 2.05) is 31.2 Å². The van der Waals surface area contributed by atoms with Gasteiger partial charge in [0.2, 0.25) is 0 Å². The number of halogens is 1. The van der Waals surface area contributed by atoms with E-state index in [0.717, 1.165) is 15.7 Å². The highest BCUT2D eigenvalue weighted by Gasteiger charge is 2.08. The van der Waals surface area contributed by atoms with Crippen molar-refractivity contribution in [3.8, 4) is 0 Å². The molecule has 1 aromatic heterocycles. The quantitative estimate of drug-likeness (QED) is 0.921. The van der Waals surface area contributed by atoms with Crippen molar-refractivity contribution < 1.29 is 4.79 Å². The van der Waals surface area contributed by atoms with Crippen LogP contribution in [0.3, 0.4) is 0 Å². The number of anilines is 1. The highest BCUT2D eigenvalue weighted by atomic mass is 79.9. The van der Waals surface area contributed by atoms with Gasteiger partial charge in [-0.15, -0.1) is 0 Å². The van der Waals surface area contributed by atoms with E-state index in [1.165, 1.54) is 0 Å². The van der Waals surface area contributed by atoms with E-state index in [2.05, 4.69) is 26.2 Å². The lowest BCUT2D eigenvalue weighted by Gasteiger charge is -2.07. The number of benzene rings is 1. The fourth-order valence-electron chi connectivity index (χ4n) is 1.44. The first kappa shape index (κ1) is 11.8. The summed E-state index contributed by atoms with van der Waals surface area (Å²) >= 11 is 3.38. The van der Waals surface area contributed by atoms with Crippen LogP contribution in [0, 0.1) is 6.92 Å². The SMILES string of the molecule is Cc1cncc(C(=O)Nc2ccccc2Br)c1. The number of carbonyl (C=O) groups is 1. The summed E-state index contributed by atoms with van der Waals surface area (Å²) in [5.74, 6) is -0.159. The number of carbonyl (C=O) groups excluding carboxylic acids is 1. The molecule has 2 rings (SSSR count). The van der Waals surface area contributed by atoms with Crippen LogP contribution in [0.25, 0.3) is 0 Å². The van der Waals surface area contributed by atoms with Gasteiger partial charge in [-0.3, -0.25) is 9.78 Å². The van der Waals surface area contributed by atoms with Gasteiger partial charge < -0.3 is 5.32 Å². The van der Waals surface area contributed by atoms with Gasteiger partial charge >= 0.3 is 0 Å². The van der Waals surface area contributed by atoms with Crippen molar-refractivity contribution in [3.05, 3.63) is 58.3 Å². The van der Waals surface area contributed by atoms with Gasteiger partial charge in [0.1, 0.15) is 0 Å². The lowest BCUT2D eigenvalue weighted by Crippen LogP contribution is -2.12. The first-order valence-corrected chi connectivity index (χ1v) is 5.93. The Morgan fingerprint density at radius 1 is 1.29 bits per heavy atom. The van der Waals surface area contributed by atoms with Crippen LogP contribution < -0.4 is 5.32 Å². The third-order valence-electron chi connectivity index (χ3n) is 2.26. The van der Waals surface area contributed by atoms with E-state index in [1.54, 1.807) is 18.5 Å². The maximum atomic E-state index is 11.9. The van der Waals surface area contributed by atoms with Crippen molar-refractivity contribution in [2.24, 2.45) is 0 Å². The summed E-state index contributed by atoms with van der Waals surface area (Å²) in [4.78, 5) is 15.9. The molecule has 0 bridgehead atoms. The van der Waals surface area contributed by atoms with Crippen molar-refractivity contribution in [1.29, 1.82) is 0 Å². The molecule has 4 heteroatoms. The summed E-state index contributed by atoms with van der Waals surface area (Å²) in [5.41, 5.74) is 2.27. The molecular formula is C13H11BrN2O. The Morgan fingerprint density at radius 2 is 2.06 bits per heavy atom. The fraction of sp³-hybridized carbons (Fsp3) is 0.0769. The molecule has 0 aliphatic rings. The summed E-state index contributed by atoms with van der Waals surface area (Å²) in [6, 6.07) is 9.29. The van der Waals surface area contributed by atoms with Crippen LogP contribution in [0.1, 0.15) is 15.9 Å². The Hall–Kier alpha value is -1.68. The first-order chi connectivity index (χ1) is 8.16. The lowest BCUT2D eigenvalue weighted by molar-refractivity contribution is 0.102. The molecule has 1 heterocycles. The number of hydrogen-bond donors (Lipinski definition) is 1. The summed E-state index contributed by atoms with van der Waals surface area (Å²) in [6.07, 6.45) is 3.27. The highest BCUT2D eigenvalue weighted by Crippen LogP contribution is 2.21. The summed E-state index contributed by atoms with van der Waals surface area (Å²) < 4.78 is 0.856. The van der Waals surface area contributed by atoms with Gasteiger partial charge in [-0.25, -0.2) is 0 Å². The van der Waals surface area contributed by atoms with Gasteiger partial charge in [-0.2, -0.15) is 0 Å². The minimum absolute atomic E-state index is 0.159. The van der Waals surface area contributed by atoms with Crippen LogP contribution in [0.15, 0.2) is 47.2 Å². The molecule has 2 aromatic rings. The topological polar surface area (TPSA) is 42.0 Å². The number of pyridine rings is 1. The smallest absolute Gasteiger partial charge is 0.257 e. The summed E-state index contributed by atoms with van der Waals surface area (Å²) in [7, 11) is 0. The van der Waals surface area contributed by atoms with Gasteiger partial charge in [0.15, 0.2) is 0 Å². The zero-order chi connectivity index (χ0) is 12.3. The zero-order valence-electron chi connectivity index (χ0n) is 9.27. The number of rotatable bonds is 2. The number of aromatic nitrogens is 1. The Bertz CT molecular complexity index is 555. The van der Waals surface area contributed by atoms with E-state index in [-0.39, 0.29) is 5.91 Å². The number of nitrogens with one attached hydrogen (secondary N) is 1. The van der Waals surface area contributed by atoms with Gasteiger partial charge in [-0.1, -0.05) is 12.1 Å². The molecule has 0 radical (unpaired) electrons. The molecule has 1 N–H and O–H groups in total. The van der Waals surface area contributed by atoms with Crippen molar-refractivity contribution in [2.75, 3.05) is 5.32 Å². The highest BCUT2D eigenvalue weighted by molar-refractivity contribution is 9.10. The molecule has 1 amide bonds. The summed E-state index contributed by atoms with van der Waals surface area (Å²) in [6.45, 7) is 1.90. The molecule has 0 atom stereocenters. The average Bonchev–Trinajstić information content (AvgIpc) is 2.32. The lowest BCUT2D eigenvalue weighted by atomic mass is 10.2. The van der Waals surface area contributed by atoms with Crippen LogP contribution in [0.5, 0.6) is 0 Å². The van der Waals surface area contributed by atoms with Crippen LogP contribution in [0.4, 0.5) is 5.69 Å². The van der Waals surface area contributed by atoms with E-state index < -0.39 is 0 Å². The predicted octanol–water partition coefficient (Wildman–Crippen LogP) is 3.40. The van der Waals surface area contributed by atoms with E-state index in [4.69, 9.17) is 0 Å². The third kappa shape index (κ3) is 2.91. The van der Waals surface area contributed by atoms with Gasteiger partial charge in [0.05, 0.1) is 11.3 Å². The number of nitrogens with zero attached hydrogens (tertiary/aromatic N) is 1. The second-order valence-electron chi connectivity index (χ2n) is 3.68. The molecule has 0 saturated carbocycles. The monoisotopic (exact) mass is 290 g/mol. The summed E-state index contributed by atoms with van der Waals surface area (Å²) in [5, 5.41) is 2.83. The van der Waals surface area contributed by atoms with Crippen LogP contribution in [-0.2, 0) is 0 Å². The molecule has 0 fully saturated rings. The Balaban J connectivity index is 2.20. The van der Waals surface area contributed by atoms with Crippen molar-refractivity contribution in [2.45, 2.75) is 6.92 Å². The standard InChI is InChI=1S/C13H11BrN2O/c1-9-6-10(8-15-7-9)13(17)16-12-5-3-2-4-11(12)14/h2-8H,1H3,(H,16,17). The zero-order valence-corrected chi connectivity index (χ0v) is 10.9. The second-order valence-corrected chi connectivity index (χ2v) is 4.54. The number of amides is 1. The second kappa shape index (κ2) is 5.10. The maximum absolute atomic E-state index is 11.9. The molecule has 0 spiro atoms. The fourth-order valence-corrected chi connectivity index (χ4v) is 1.82. The molecule has 0 saturated heterocycles. The molecule has 86 valence electrons. The number of aryl methyl sites for hydroxylation is 1. The molecule has 0 unspecified atom stereocenters. The molecule has 17 heavy (non-hydrogen) atoms. The minimum Gasteiger partial charge on any atom is -0.321 e. The molecule has 0 aliphatic heterocycles. The largest absolute Gasteiger partial charge is 0.321 e. The molecule has 3 nitrogen and oxygen atoms in total. The molecule has 0 aliphatic carbocycles. The van der Waals surface area contributed by atoms with Gasteiger partial charge in [0.25, 0.3) is 5.91 Å². The van der Waals surface area contributed by atoms with Gasteiger partial charge in [-0.05, 0) is 46.6 Å².